The maximum atomic E-state index is 14.4. The molecule has 0 aliphatic carbocycles. The molecule has 0 N–H and O–H groups in total. The normalized spacial score (nSPS) is 18.7. The molecule has 0 saturated carbocycles. The van der Waals surface area contributed by atoms with E-state index in [1.165, 1.54) is 0 Å². The topological polar surface area (TPSA) is 98.0 Å². The van der Waals surface area contributed by atoms with Crippen LogP contribution < -0.4 is 4.80 Å². The van der Waals surface area contributed by atoms with Crippen molar-refractivity contribution in [2.24, 2.45) is 4.99 Å². The van der Waals surface area contributed by atoms with Crippen LogP contribution in [0.5, 0.6) is 0 Å². The van der Waals surface area contributed by atoms with Gasteiger partial charge in [-0.05, 0) is 25.8 Å². The molecule has 1 fully saturated rings. The zero-order valence-electron chi connectivity index (χ0n) is 16.4. The number of piperidine rings is 1. The predicted molar refractivity (Wildman–Crippen MR) is 106 cm³/mol. The molecular weight excluding hydrogens is 440 g/mol. The molecule has 0 bridgehead atoms. The third kappa shape index (κ3) is 4.76. The van der Waals surface area contributed by atoms with Crippen LogP contribution in [0.4, 0.5) is 8.78 Å². The molecule has 12 heteroatoms. The first-order valence-electron chi connectivity index (χ1n) is 9.31. The Balaban J connectivity index is 2.11. The summed E-state index contributed by atoms with van der Waals surface area (Å²) in [5.74, 6) is -3.11. The Morgan fingerprint density at radius 2 is 2.03 bits per heavy atom. The van der Waals surface area contributed by atoms with E-state index in [0.717, 1.165) is 32.5 Å². The molecule has 1 aliphatic heterocycles. The predicted octanol–water partition coefficient (Wildman–Crippen LogP) is 1.79. The van der Waals surface area contributed by atoms with Crippen LogP contribution in [0.1, 0.15) is 26.2 Å². The number of hydrogen-bond acceptors (Lipinski definition) is 6. The molecule has 8 nitrogen and oxygen atoms in total. The van der Waals surface area contributed by atoms with Gasteiger partial charge in [-0.1, -0.05) is 17.8 Å². The fraction of sp³-hybridized carbons (Fsp3) is 0.500. The zero-order chi connectivity index (χ0) is 22.1. The molecule has 1 atom stereocenters. The highest BCUT2D eigenvalue weighted by Gasteiger charge is 2.34. The molecule has 1 aliphatic rings. The van der Waals surface area contributed by atoms with E-state index >= 15 is 0 Å². The van der Waals surface area contributed by atoms with Gasteiger partial charge in [0.15, 0.2) is 10.6 Å². The molecule has 0 radical (unpaired) electrons. The Morgan fingerprint density at radius 1 is 1.30 bits per heavy atom. The first-order chi connectivity index (χ1) is 14.1. The molecule has 2 aromatic rings. The Kier molecular flexibility index (Phi) is 6.68. The number of halogens is 2. The molecule has 1 unspecified atom stereocenters. The number of aromatic nitrogens is 1. The minimum absolute atomic E-state index is 0.0356. The summed E-state index contributed by atoms with van der Waals surface area (Å²) in [5, 5.41) is 0. The highest BCUT2D eigenvalue weighted by molar-refractivity contribution is 7.88. The fourth-order valence-electron chi connectivity index (χ4n) is 3.41. The summed E-state index contributed by atoms with van der Waals surface area (Å²) in [5.41, 5.74) is -0.0791. The SMILES string of the molecule is CCOC(=O)Cn1c(=NC(=O)C2CCCCN2S(C)(=O)=O)sc2cc(F)cc(F)c21. The minimum Gasteiger partial charge on any atom is -0.465 e. The van der Waals surface area contributed by atoms with E-state index in [4.69, 9.17) is 4.74 Å². The average Bonchev–Trinajstić information content (AvgIpc) is 2.98. The number of fused-ring (bicyclic) bond motifs is 1. The number of ether oxygens (including phenoxy) is 1. The van der Waals surface area contributed by atoms with Crippen molar-refractivity contribution < 1.29 is 31.5 Å². The lowest BCUT2D eigenvalue weighted by Crippen LogP contribution is -2.47. The van der Waals surface area contributed by atoms with Crippen LogP contribution in [0.15, 0.2) is 17.1 Å². The van der Waals surface area contributed by atoms with E-state index in [-0.39, 0.29) is 28.2 Å². The summed E-state index contributed by atoms with van der Waals surface area (Å²) in [6, 6.07) is 0.781. The van der Waals surface area contributed by atoms with E-state index < -0.39 is 46.1 Å². The highest BCUT2D eigenvalue weighted by Crippen LogP contribution is 2.24. The fourth-order valence-corrected chi connectivity index (χ4v) is 5.61. The second-order valence-electron chi connectivity index (χ2n) is 6.85. The number of esters is 1. The smallest absolute Gasteiger partial charge is 0.326 e. The molecule has 1 amide bonds. The van der Waals surface area contributed by atoms with Crippen LogP contribution in [0.25, 0.3) is 10.2 Å². The van der Waals surface area contributed by atoms with E-state index in [9.17, 15) is 26.8 Å². The number of rotatable bonds is 5. The van der Waals surface area contributed by atoms with Gasteiger partial charge >= 0.3 is 5.97 Å². The first kappa shape index (κ1) is 22.5. The van der Waals surface area contributed by atoms with Crippen molar-refractivity contribution in [2.45, 2.75) is 38.8 Å². The highest BCUT2D eigenvalue weighted by atomic mass is 32.2. The maximum Gasteiger partial charge on any atom is 0.326 e. The standard InChI is InChI=1S/C18H21F2N3O5S2/c1-3-28-15(24)10-22-16-12(20)8-11(19)9-14(16)29-18(22)21-17(25)13-6-4-5-7-23(13)30(2,26)27/h8-9,13H,3-7,10H2,1-2H3. The minimum atomic E-state index is -3.62. The number of carbonyl (C=O) groups excluding carboxylic acids is 2. The van der Waals surface area contributed by atoms with Crippen molar-refractivity contribution in [3.63, 3.8) is 0 Å². The largest absolute Gasteiger partial charge is 0.465 e. The third-order valence-corrected chi connectivity index (χ3v) is 6.97. The number of hydrogen-bond donors (Lipinski definition) is 0. The Bertz CT molecular complexity index is 1160. The second-order valence-corrected chi connectivity index (χ2v) is 9.79. The van der Waals surface area contributed by atoms with Crippen molar-refractivity contribution in [2.75, 3.05) is 19.4 Å². The molecule has 2 heterocycles. The van der Waals surface area contributed by atoms with Crippen LogP contribution in [0, 0.1) is 11.6 Å². The van der Waals surface area contributed by atoms with Crippen LogP contribution in [0.2, 0.25) is 0 Å². The van der Waals surface area contributed by atoms with Gasteiger partial charge in [0.05, 0.1) is 23.1 Å². The van der Waals surface area contributed by atoms with Gasteiger partial charge in [0.25, 0.3) is 5.91 Å². The number of carbonyl (C=O) groups is 2. The van der Waals surface area contributed by atoms with Crippen LogP contribution in [-0.4, -0.2) is 54.6 Å². The van der Waals surface area contributed by atoms with Crippen molar-refractivity contribution in [3.05, 3.63) is 28.6 Å². The van der Waals surface area contributed by atoms with Gasteiger partial charge in [-0.15, -0.1) is 0 Å². The summed E-state index contributed by atoms with van der Waals surface area (Å²) in [6.07, 6.45) is 2.62. The van der Waals surface area contributed by atoms with E-state index in [2.05, 4.69) is 4.99 Å². The van der Waals surface area contributed by atoms with E-state index in [0.29, 0.717) is 25.3 Å². The van der Waals surface area contributed by atoms with Gasteiger partial charge in [-0.3, -0.25) is 9.59 Å². The quantitative estimate of drug-likeness (QED) is 0.633. The first-order valence-corrected chi connectivity index (χ1v) is 12.0. The van der Waals surface area contributed by atoms with Crippen molar-refractivity contribution in [1.29, 1.82) is 0 Å². The number of nitrogens with zero attached hydrogens (tertiary/aromatic N) is 3. The van der Waals surface area contributed by atoms with Crippen molar-refractivity contribution in [1.82, 2.24) is 8.87 Å². The summed E-state index contributed by atoms with van der Waals surface area (Å²) < 4.78 is 59.5. The van der Waals surface area contributed by atoms with Crippen LogP contribution in [0.3, 0.4) is 0 Å². The molecule has 1 aromatic heterocycles. The lowest BCUT2D eigenvalue weighted by atomic mass is 10.0. The lowest BCUT2D eigenvalue weighted by molar-refractivity contribution is -0.143. The number of sulfonamides is 1. The number of amides is 1. The summed E-state index contributed by atoms with van der Waals surface area (Å²) in [7, 11) is -3.62. The molecule has 164 valence electrons. The second kappa shape index (κ2) is 8.90. The lowest BCUT2D eigenvalue weighted by Gasteiger charge is -2.31. The number of thiazole rings is 1. The summed E-state index contributed by atoms with van der Waals surface area (Å²) >= 11 is 0.833. The van der Waals surface area contributed by atoms with Crippen LogP contribution >= 0.6 is 11.3 Å². The van der Waals surface area contributed by atoms with Crippen molar-refractivity contribution in [3.8, 4) is 0 Å². The Labute approximate surface area is 175 Å². The van der Waals surface area contributed by atoms with Gasteiger partial charge in [-0.2, -0.15) is 9.30 Å². The molecule has 0 spiro atoms. The summed E-state index contributed by atoms with van der Waals surface area (Å²) in [4.78, 5) is 28.8. The molecule has 1 saturated heterocycles. The molecular formula is C18H21F2N3O5S2. The van der Waals surface area contributed by atoms with Gasteiger partial charge < -0.3 is 9.30 Å². The van der Waals surface area contributed by atoms with Crippen molar-refractivity contribution >= 4 is 43.5 Å². The monoisotopic (exact) mass is 461 g/mol. The average molecular weight is 462 g/mol. The molecule has 30 heavy (non-hydrogen) atoms. The molecule has 3 rings (SSSR count). The third-order valence-electron chi connectivity index (χ3n) is 4.66. The maximum absolute atomic E-state index is 14.4. The number of benzene rings is 1. The van der Waals surface area contributed by atoms with Gasteiger partial charge in [0, 0.05) is 12.6 Å². The zero-order valence-corrected chi connectivity index (χ0v) is 18.1. The summed E-state index contributed by atoms with van der Waals surface area (Å²) in [6.45, 7) is 1.50. The Morgan fingerprint density at radius 3 is 2.70 bits per heavy atom. The van der Waals surface area contributed by atoms with Gasteiger partial charge in [-0.25, -0.2) is 17.2 Å². The van der Waals surface area contributed by atoms with Crippen LogP contribution in [-0.2, 0) is 30.9 Å². The van der Waals surface area contributed by atoms with Gasteiger partial charge in [0.1, 0.15) is 18.4 Å². The van der Waals surface area contributed by atoms with E-state index in [1.54, 1.807) is 6.92 Å². The molecule has 1 aromatic carbocycles. The van der Waals surface area contributed by atoms with E-state index in [1.807, 2.05) is 0 Å². The van der Waals surface area contributed by atoms with Gasteiger partial charge in [0.2, 0.25) is 10.0 Å². The Hall–Kier alpha value is -2.18.